The Kier molecular flexibility index (Phi) is 6.64. The molecule has 0 fully saturated rings. The minimum atomic E-state index is -0.581. The van der Waals surface area contributed by atoms with Gasteiger partial charge in [0.2, 0.25) is 11.5 Å². The zero-order valence-corrected chi connectivity index (χ0v) is 18.3. The van der Waals surface area contributed by atoms with E-state index in [9.17, 15) is 4.79 Å². The Bertz CT molecular complexity index is 990. The summed E-state index contributed by atoms with van der Waals surface area (Å²) in [6, 6.07) is 4.84. The fourth-order valence-corrected chi connectivity index (χ4v) is 3.39. The van der Waals surface area contributed by atoms with E-state index in [0.717, 1.165) is 0 Å². The molecule has 0 radical (unpaired) electrons. The predicted octanol–water partition coefficient (Wildman–Crippen LogP) is 3.15. The molecule has 1 heterocycles. The van der Waals surface area contributed by atoms with Gasteiger partial charge in [-0.25, -0.2) is 4.79 Å². The van der Waals surface area contributed by atoms with Crippen LogP contribution in [0.3, 0.4) is 0 Å². The summed E-state index contributed by atoms with van der Waals surface area (Å²) >= 11 is 0. The Morgan fingerprint density at radius 1 is 0.742 bits per heavy atom. The molecular weight excluding hydrogens is 406 g/mol. The maximum absolute atomic E-state index is 13.1. The van der Waals surface area contributed by atoms with Gasteiger partial charge in [-0.1, -0.05) is 6.08 Å². The van der Waals surface area contributed by atoms with Crippen LogP contribution < -0.4 is 38.5 Å². The van der Waals surface area contributed by atoms with Crippen molar-refractivity contribution in [3.05, 3.63) is 29.8 Å². The standard InChI is InChI=1S/C22H25NO8/c1-25-15-9-12(10-16(26-2)19(15)28-4)31-22(24)13-7-8-23-14-11-17(27-3)20(29-5)21(30-6)18(13)14/h7,9-11,23H,8H2,1-6H3. The molecule has 166 valence electrons. The van der Waals surface area contributed by atoms with Crippen molar-refractivity contribution in [2.24, 2.45) is 0 Å². The summed E-state index contributed by atoms with van der Waals surface area (Å²) in [7, 11) is 8.99. The van der Waals surface area contributed by atoms with Crippen molar-refractivity contribution in [3.63, 3.8) is 0 Å². The van der Waals surface area contributed by atoms with Gasteiger partial charge in [0.25, 0.3) is 0 Å². The molecule has 9 nitrogen and oxygen atoms in total. The second-order valence-electron chi connectivity index (χ2n) is 6.32. The highest BCUT2D eigenvalue weighted by atomic mass is 16.6. The number of fused-ring (bicyclic) bond motifs is 1. The fraction of sp³-hybridized carbons (Fsp3) is 0.318. The molecular formula is C22H25NO8. The second-order valence-corrected chi connectivity index (χ2v) is 6.32. The molecule has 31 heavy (non-hydrogen) atoms. The molecule has 0 spiro atoms. The van der Waals surface area contributed by atoms with Gasteiger partial charge in [-0.05, 0) is 0 Å². The lowest BCUT2D eigenvalue weighted by molar-refractivity contribution is -0.127. The number of nitrogens with one attached hydrogen (secondary N) is 1. The SMILES string of the molecule is COc1cc(OC(=O)C2=CCNc3cc(OC)c(OC)c(OC)c32)cc(OC)c1OC. The average Bonchev–Trinajstić information content (AvgIpc) is 2.81. The topological polar surface area (TPSA) is 93.7 Å². The molecule has 3 rings (SSSR count). The number of carbonyl (C=O) groups is 1. The molecule has 0 atom stereocenters. The van der Waals surface area contributed by atoms with Gasteiger partial charge in [0.15, 0.2) is 23.0 Å². The minimum Gasteiger partial charge on any atom is -0.493 e. The summed E-state index contributed by atoms with van der Waals surface area (Å²) in [5, 5.41) is 3.21. The van der Waals surface area contributed by atoms with Crippen LogP contribution in [0.1, 0.15) is 5.56 Å². The van der Waals surface area contributed by atoms with Crippen LogP contribution in [0.15, 0.2) is 24.3 Å². The normalized spacial score (nSPS) is 12.0. The van der Waals surface area contributed by atoms with E-state index in [2.05, 4.69) is 5.32 Å². The van der Waals surface area contributed by atoms with Crippen LogP contribution in [0.2, 0.25) is 0 Å². The van der Waals surface area contributed by atoms with Gasteiger partial charge in [-0.2, -0.15) is 0 Å². The molecule has 1 N–H and O–H groups in total. The quantitative estimate of drug-likeness (QED) is 0.500. The molecule has 0 saturated carbocycles. The molecule has 1 aliphatic rings. The smallest absolute Gasteiger partial charge is 0.344 e. The number of benzene rings is 2. The van der Waals surface area contributed by atoms with E-state index in [4.69, 9.17) is 33.2 Å². The molecule has 0 aromatic heterocycles. The van der Waals surface area contributed by atoms with Crippen molar-refractivity contribution in [1.82, 2.24) is 0 Å². The maximum Gasteiger partial charge on any atom is 0.344 e. The number of methoxy groups -OCH3 is 6. The lowest BCUT2D eigenvalue weighted by Crippen LogP contribution is -2.18. The van der Waals surface area contributed by atoms with Crippen LogP contribution in [0.25, 0.3) is 5.57 Å². The molecule has 0 aliphatic carbocycles. The number of esters is 1. The Labute approximate surface area is 180 Å². The van der Waals surface area contributed by atoms with E-state index in [1.807, 2.05) is 0 Å². The van der Waals surface area contributed by atoms with Crippen LogP contribution in [0, 0.1) is 0 Å². The highest BCUT2D eigenvalue weighted by Gasteiger charge is 2.29. The third kappa shape index (κ3) is 3.98. The summed E-state index contributed by atoms with van der Waals surface area (Å²) in [6.07, 6.45) is 1.72. The zero-order valence-electron chi connectivity index (χ0n) is 18.3. The molecule has 2 aromatic rings. The molecule has 9 heteroatoms. The Hall–Kier alpha value is -3.75. The Morgan fingerprint density at radius 3 is 1.81 bits per heavy atom. The number of hydrogen-bond acceptors (Lipinski definition) is 9. The number of hydrogen-bond donors (Lipinski definition) is 1. The lowest BCUT2D eigenvalue weighted by atomic mass is 9.98. The summed E-state index contributed by atoms with van der Waals surface area (Å²) in [4.78, 5) is 13.1. The molecule has 0 saturated heterocycles. The maximum atomic E-state index is 13.1. The average molecular weight is 431 g/mol. The van der Waals surface area contributed by atoms with Gasteiger partial charge < -0.3 is 38.5 Å². The Morgan fingerprint density at radius 2 is 1.29 bits per heavy atom. The van der Waals surface area contributed by atoms with Crippen LogP contribution in [-0.2, 0) is 4.79 Å². The Balaban J connectivity index is 2.03. The first-order valence-corrected chi connectivity index (χ1v) is 9.32. The first-order valence-electron chi connectivity index (χ1n) is 9.32. The van der Waals surface area contributed by atoms with Gasteiger partial charge in [0.05, 0.1) is 59.5 Å². The fourth-order valence-electron chi connectivity index (χ4n) is 3.39. The summed E-state index contributed by atoms with van der Waals surface area (Å²) in [5.41, 5.74) is 1.50. The van der Waals surface area contributed by atoms with Gasteiger partial charge in [0.1, 0.15) is 5.75 Å². The van der Waals surface area contributed by atoms with Crippen molar-refractivity contribution in [1.29, 1.82) is 0 Å². The minimum absolute atomic E-state index is 0.236. The van der Waals surface area contributed by atoms with Crippen molar-refractivity contribution in [2.45, 2.75) is 0 Å². The lowest BCUT2D eigenvalue weighted by Gasteiger charge is -2.24. The third-order valence-corrected chi connectivity index (χ3v) is 4.77. The third-order valence-electron chi connectivity index (χ3n) is 4.77. The van der Waals surface area contributed by atoms with Crippen LogP contribution in [0.5, 0.6) is 40.2 Å². The van der Waals surface area contributed by atoms with E-state index >= 15 is 0 Å². The molecule has 0 bridgehead atoms. The highest BCUT2D eigenvalue weighted by Crippen LogP contribution is 2.48. The first-order chi connectivity index (χ1) is 15.0. The predicted molar refractivity (Wildman–Crippen MR) is 114 cm³/mol. The molecule has 2 aromatic carbocycles. The molecule has 1 aliphatic heterocycles. The summed E-state index contributed by atoms with van der Waals surface area (Å²) in [5.74, 6) is 2.00. The largest absolute Gasteiger partial charge is 0.493 e. The van der Waals surface area contributed by atoms with Crippen molar-refractivity contribution >= 4 is 17.2 Å². The zero-order chi connectivity index (χ0) is 22.5. The monoisotopic (exact) mass is 431 g/mol. The first kappa shape index (κ1) is 21.9. The summed E-state index contributed by atoms with van der Waals surface area (Å²) in [6.45, 7) is 0.422. The van der Waals surface area contributed by atoms with Crippen molar-refractivity contribution < 1.29 is 38.0 Å². The highest BCUT2D eigenvalue weighted by molar-refractivity contribution is 6.21. The molecule has 0 unspecified atom stereocenters. The number of rotatable bonds is 8. The van der Waals surface area contributed by atoms with Gasteiger partial charge >= 0.3 is 5.97 Å². The summed E-state index contributed by atoms with van der Waals surface area (Å²) < 4.78 is 38.0. The number of ether oxygens (including phenoxy) is 7. The van der Waals surface area contributed by atoms with E-state index < -0.39 is 5.97 Å². The van der Waals surface area contributed by atoms with E-state index in [1.165, 1.54) is 42.7 Å². The van der Waals surface area contributed by atoms with E-state index in [0.29, 0.717) is 57.9 Å². The van der Waals surface area contributed by atoms with Crippen molar-refractivity contribution in [3.8, 4) is 40.2 Å². The van der Waals surface area contributed by atoms with E-state index in [1.54, 1.807) is 24.3 Å². The van der Waals surface area contributed by atoms with Crippen LogP contribution >= 0.6 is 0 Å². The second kappa shape index (κ2) is 9.38. The van der Waals surface area contributed by atoms with Gasteiger partial charge in [0, 0.05) is 24.7 Å². The molecule has 0 amide bonds. The van der Waals surface area contributed by atoms with Crippen LogP contribution in [-0.4, -0.2) is 55.2 Å². The number of carbonyl (C=O) groups excluding carboxylic acids is 1. The van der Waals surface area contributed by atoms with Gasteiger partial charge in [-0.15, -0.1) is 0 Å². The number of anilines is 1. The van der Waals surface area contributed by atoms with Crippen molar-refractivity contribution in [2.75, 3.05) is 54.5 Å². The van der Waals surface area contributed by atoms with Gasteiger partial charge in [-0.3, -0.25) is 0 Å². The van der Waals surface area contributed by atoms with Crippen LogP contribution in [0.4, 0.5) is 5.69 Å². The van der Waals surface area contributed by atoms with E-state index in [-0.39, 0.29) is 5.75 Å².